The van der Waals surface area contributed by atoms with Crippen molar-refractivity contribution < 1.29 is 22.9 Å². The molecule has 1 atom stereocenters. The second kappa shape index (κ2) is 16.9. The molecular weight excluding hydrogens is 757 g/mol. The van der Waals surface area contributed by atoms with Crippen LogP contribution in [-0.4, -0.2) is 74.0 Å². The van der Waals surface area contributed by atoms with Crippen LogP contribution in [0, 0.1) is 0 Å². The van der Waals surface area contributed by atoms with Gasteiger partial charge in [0.2, 0.25) is 5.91 Å². The predicted molar refractivity (Wildman–Crippen MR) is 225 cm³/mol. The van der Waals surface area contributed by atoms with E-state index in [1.165, 1.54) is 37.3 Å². The summed E-state index contributed by atoms with van der Waals surface area (Å²) in [5.41, 5.74) is 3.74. The smallest absolute Gasteiger partial charge is 0.373 e. The Morgan fingerprint density at radius 1 is 0.926 bits per heavy atom. The first kappa shape index (κ1) is 39.8. The van der Waals surface area contributed by atoms with Gasteiger partial charge in [-0.05, 0) is 81.2 Å². The average molecular weight is 803 g/mol. The third kappa shape index (κ3) is 7.65. The van der Waals surface area contributed by atoms with Gasteiger partial charge in [0.05, 0.1) is 10.7 Å². The number of thiazole rings is 1. The summed E-state index contributed by atoms with van der Waals surface area (Å²) >= 11 is 7.87. The van der Waals surface area contributed by atoms with Crippen LogP contribution in [0.1, 0.15) is 45.7 Å². The summed E-state index contributed by atoms with van der Waals surface area (Å²) in [5.74, 6) is -0.715. The van der Waals surface area contributed by atoms with Gasteiger partial charge in [-0.15, -0.1) is 11.3 Å². The Balaban J connectivity index is 1.46. The minimum atomic E-state index is -3.20. The van der Waals surface area contributed by atoms with Crippen molar-refractivity contribution in [3.8, 4) is 0 Å². The van der Waals surface area contributed by atoms with Gasteiger partial charge in [-0.1, -0.05) is 84.6 Å². The second-order valence-corrected chi connectivity index (χ2v) is 18.4. The van der Waals surface area contributed by atoms with Gasteiger partial charge in [0.25, 0.3) is 11.5 Å². The lowest BCUT2D eigenvalue weighted by Crippen LogP contribution is -2.56. The molecule has 2 aliphatic rings. The fourth-order valence-corrected chi connectivity index (χ4v) is 12.2. The Bertz CT molecular complexity index is 2270. The van der Waals surface area contributed by atoms with Crippen LogP contribution in [0.15, 0.2) is 83.3 Å². The molecule has 6 rings (SSSR count). The molecule has 0 radical (unpaired) electrons. The van der Waals surface area contributed by atoms with E-state index in [-0.39, 0.29) is 24.2 Å². The SMILES string of the molecule is CCO[Si](CNC(=O)Cn1c(=C2SC(=S)N(CC)C2=O)sc(=CC=C2N(C)c3ccc4ccccc4c3C2(C)Cc2ccccc2)c1=O)(OCC)OCC. The molecule has 3 heterocycles. The molecule has 3 aromatic carbocycles. The zero-order valence-corrected chi connectivity index (χ0v) is 34.9. The lowest BCUT2D eigenvalue weighted by molar-refractivity contribution is -0.122. The van der Waals surface area contributed by atoms with Crippen molar-refractivity contribution in [2.75, 3.05) is 44.5 Å². The number of fused-ring (bicyclic) bond motifs is 3. The number of hydrogen-bond acceptors (Lipinski definition) is 10. The summed E-state index contributed by atoms with van der Waals surface area (Å²) < 4.78 is 20.3. The molecule has 1 unspecified atom stereocenters. The van der Waals surface area contributed by atoms with Crippen LogP contribution >= 0.6 is 35.3 Å². The minimum absolute atomic E-state index is 0.0418. The lowest BCUT2D eigenvalue weighted by Gasteiger charge is -2.29. The largest absolute Gasteiger partial charge is 0.521 e. The summed E-state index contributed by atoms with van der Waals surface area (Å²) in [6.45, 7) is 10.8. The molecule has 0 aliphatic carbocycles. The summed E-state index contributed by atoms with van der Waals surface area (Å²) in [6.07, 6.45) is 4.62. The molecule has 4 aromatic rings. The minimum Gasteiger partial charge on any atom is -0.373 e. The van der Waals surface area contributed by atoms with Gasteiger partial charge in [-0.3, -0.25) is 23.9 Å². The normalized spacial score (nSPS) is 19.4. The zero-order valence-electron chi connectivity index (χ0n) is 31.5. The maximum absolute atomic E-state index is 14.3. The molecule has 1 aromatic heterocycles. The molecule has 1 N–H and O–H groups in total. The molecule has 0 bridgehead atoms. The van der Waals surface area contributed by atoms with Crippen molar-refractivity contribution in [3.63, 3.8) is 0 Å². The maximum Gasteiger partial charge on any atom is 0.521 e. The van der Waals surface area contributed by atoms with Crippen LogP contribution < -0.4 is 25.0 Å². The van der Waals surface area contributed by atoms with E-state index >= 15 is 0 Å². The molecule has 2 aliphatic heterocycles. The summed E-state index contributed by atoms with van der Waals surface area (Å²) in [4.78, 5) is 45.5. The van der Waals surface area contributed by atoms with Crippen LogP contribution in [0.3, 0.4) is 0 Å². The first-order valence-electron chi connectivity index (χ1n) is 18.2. The van der Waals surface area contributed by atoms with E-state index in [0.29, 0.717) is 44.8 Å². The van der Waals surface area contributed by atoms with Gasteiger partial charge in [-0.25, -0.2) is 0 Å². The number of nitrogens with zero attached hydrogens (tertiary/aromatic N) is 3. The van der Waals surface area contributed by atoms with Gasteiger partial charge in [0, 0.05) is 50.2 Å². The van der Waals surface area contributed by atoms with Crippen LogP contribution in [0.2, 0.25) is 0 Å². The predicted octanol–water partition coefficient (Wildman–Crippen LogP) is 5.07. The Kier molecular flexibility index (Phi) is 12.4. The molecule has 54 heavy (non-hydrogen) atoms. The number of likely N-dealkylation sites (N-methyl/N-ethyl adjacent to an activating group) is 1. The van der Waals surface area contributed by atoms with Gasteiger partial charge >= 0.3 is 8.80 Å². The number of anilines is 1. The highest BCUT2D eigenvalue weighted by Crippen LogP contribution is 2.51. The van der Waals surface area contributed by atoms with Gasteiger partial charge in [-0.2, -0.15) is 0 Å². The Hall–Kier alpha value is -3.89. The van der Waals surface area contributed by atoms with E-state index in [4.69, 9.17) is 25.5 Å². The number of allylic oxidation sites excluding steroid dienone is 2. The van der Waals surface area contributed by atoms with Crippen molar-refractivity contribution in [3.05, 3.63) is 109 Å². The van der Waals surface area contributed by atoms with E-state index in [0.717, 1.165) is 35.0 Å². The number of thioether (sulfide) groups is 1. The molecule has 0 saturated carbocycles. The Morgan fingerprint density at radius 3 is 2.24 bits per heavy atom. The van der Waals surface area contributed by atoms with Gasteiger partial charge < -0.3 is 23.5 Å². The number of hydrogen-bond donors (Lipinski definition) is 1. The number of aromatic nitrogens is 1. The molecule has 1 saturated heterocycles. The van der Waals surface area contributed by atoms with E-state index < -0.39 is 20.1 Å². The van der Waals surface area contributed by atoms with E-state index in [2.05, 4.69) is 84.9 Å². The Labute approximate surface area is 330 Å². The highest BCUT2D eigenvalue weighted by molar-refractivity contribution is 8.30. The topological polar surface area (TPSA) is 102 Å². The second-order valence-electron chi connectivity index (χ2n) is 13.1. The fraction of sp³-hybridized carbons (Fsp3) is 0.350. The van der Waals surface area contributed by atoms with Crippen LogP contribution in [0.25, 0.3) is 21.8 Å². The van der Waals surface area contributed by atoms with Crippen molar-refractivity contribution >= 4 is 87.7 Å². The number of thiocarbonyl (C=S) groups is 1. The van der Waals surface area contributed by atoms with Crippen molar-refractivity contribution in [1.29, 1.82) is 0 Å². The standard InChI is InChI=1S/C40H46N4O6S3Si/c1-7-43-37(47)35(53-39(43)51)38-44(25-33(45)41-26-54(48-8-2,49-9-3)50-10-4)36(46)31(52-38)22-23-32-40(5,24-27-16-12-11-13-17-27)34-29-19-15-14-18-28(29)20-21-30(34)42(32)6/h11-23H,7-10,24-26H2,1-6H3,(H,41,45). The monoisotopic (exact) mass is 802 g/mol. The van der Waals surface area contributed by atoms with Crippen molar-refractivity contribution in [2.24, 2.45) is 0 Å². The van der Waals surface area contributed by atoms with Gasteiger partial charge in [0.15, 0.2) is 0 Å². The first-order valence-corrected chi connectivity index (χ1v) is 22.2. The lowest BCUT2D eigenvalue weighted by atomic mass is 9.74. The molecular formula is C40H46N4O6S3Si. The number of carbonyl (C=O) groups excluding carboxylic acids is 2. The Morgan fingerprint density at radius 2 is 1.59 bits per heavy atom. The fourth-order valence-electron chi connectivity index (χ4n) is 7.37. The zero-order chi connectivity index (χ0) is 38.6. The third-order valence-electron chi connectivity index (χ3n) is 9.70. The van der Waals surface area contributed by atoms with Crippen LogP contribution in [-0.2, 0) is 41.2 Å². The molecule has 14 heteroatoms. The molecule has 284 valence electrons. The molecule has 2 amide bonds. The number of amides is 2. The van der Waals surface area contributed by atoms with Crippen molar-refractivity contribution in [1.82, 2.24) is 14.8 Å². The number of rotatable bonds is 14. The van der Waals surface area contributed by atoms with Crippen LogP contribution in [0.5, 0.6) is 0 Å². The molecule has 0 spiro atoms. The summed E-state index contributed by atoms with van der Waals surface area (Å²) in [7, 11) is -1.14. The van der Waals surface area contributed by atoms with E-state index in [1.54, 1.807) is 0 Å². The van der Waals surface area contributed by atoms with Gasteiger partial charge in [0.1, 0.15) is 20.4 Å². The van der Waals surface area contributed by atoms with E-state index in [9.17, 15) is 14.4 Å². The molecule has 10 nitrogen and oxygen atoms in total. The highest BCUT2D eigenvalue weighted by Gasteiger charge is 2.44. The van der Waals surface area contributed by atoms with Crippen LogP contribution in [0.4, 0.5) is 5.69 Å². The number of benzene rings is 3. The number of carbonyl (C=O) groups is 2. The highest BCUT2D eigenvalue weighted by atomic mass is 32.2. The summed E-state index contributed by atoms with van der Waals surface area (Å²) in [6, 6.07) is 23.2. The first-order chi connectivity index (χ1) is 26.0. The quantitative estimate of drug-likeness (QED) is 0.138. The third-order valence-corrected chi connectivity index (χ3v) is 15.2. The van der Waals surface area contributed by atoms with Crippen molar-refractivity contribution in [2.45, 2.75) is 53.0 Å². The molecule has 1 fully saturated rings. The average Bonchev–Trinajstić information content (AvgIpc) is 3.70. The maximum atomic E-state index is 14.3. The van der Waals surface area contributed by atoms with E-state index in [1.807, 2.05) is 45.9 Å². The number of nitrogens with one attached hydrogen (secondary N) is 1. The summed E-state index contributed by atoms with van der Waals surface area (Å²) in [5, 5.41) is 5.24.